The molecule has 1 N–H and O–H groups in total. The molecule has 1 unspecified atom stereocenters. The third kappa shape index (κ3) is 2.27. The van der Waals surface area contributed by atoms with Gasteiger partial charge in [-0.3, -0.25) is 0 Å². The van der Waals surface area contributed by atoms with Gasteiger partial charge in [0, 0.05) is 15.8 Å². The van der Waals surface area contributed by atoms with Crippen molar-refractivity contribution in [3.63, 3.8) is 0 Å². The van der Waals surface area contributed by atoms with Crippen LogP contribution in [0.1, 0.15) is 25.8 Å². The van der Waals surface area contributed by atoms with Gasteiger partial charge in [-0.25, -0.2) is 4.39 Å². The van der Waals surface area contributed by atoms with Crippen LogP contribution in [0.3, 0.4) is 0 Å². The Hall–Kier alpha value is -0.0600. The highest BCUT2D eigenvalue weighted by Crippen LogP contribution is 2.49. The molecule has 0 aromatic heterocycles. The molecule has 1 aromatic rings. The van der Waals surface area contributed by atoms with Crippen molar-refractivity contribution in [3.05, 3.63) is 34.1 Å². The average molecular weight is 319 g/mol. The molecule has 1 nitrogen and oxygen atoms in total. The Balaban J connectivity index is 2.52. The first kappa shape index (κ1) is 13.4. The van der Waals surface area contributed by atoms with Crippen molar-refractivity contribution in [1.82, 2.24) is 0 Å². The standard InChI is InChI=1S/C13H16BrFOS/c1-12(2)5-6-17-8-13(12,16)10-7-9(14)3-4-11(10)15/h3-4,7,16H,5-6,8H2,1-2H3. The maximum absolute atomic E-state index is 14.0. The molecule has 94 valence electrons. The van der Waals surface area contributed by atoms with Gasteiger partial charge in [0.2, 0.25) is 0 Å². The Labute approximate surface area is 114 Å². The van der Waals surface area contributed by atoms with E-state index in [1.54, 1.807) is 23.9 Å². The van der Waals surface area contributed by atoms with Crippen molar-refractivity contribution >= 4 is 27.7 Å². The first-order valence-corrected chi connectivity index (χ1v) is 7.57. The minimum atomic E-state index is -1.09. The summed E-state index contributed by atoms with van der Waals surface area (Å²) in [6.45, 7) is 4.01. The van der Waals surface area contributed by atoms with Crippen molar-refractivity contribution in [2.45, 2.75) is 25.9 Å². The second-order valence-electron chi connectivity index (χ2n) is 5.17. The molecule has 0 radical (unpaired) electrons. The van der Waals surface area contributed by atoms with E-state index in [2.05, 4.69) is 15.9 Å². The Bertz CT molecular complexity index is 435. The number of benzene rings is 1. The van der Waals surface area contributed by atoms with Gasteiger partial charge >= 0.3 is 0 Å². The van der Waals surface area contributed by atoms with E-state index in [4.69, 9.17) is 0 Å². The van der Waals surface area contributed by atoms with Crippen LogP contribution in [0.15, 0.2) is 22.7 Å². The van der Waals surface area contributed by atoms with Gasteiger partial charge in [-0.15, -0.1) is 0 Å². The first-order valence-electron chi connectivity index (χ1n) is 5.62. The summed E-state index contributed by atoms with van der Waals surface area (Å²) in [7, 11) is 0. The van der Waals surface area contributed by atoms with Crippen LogP contribution < -0.4 is 0 Å². The Kier molecular flexibility index (Phi) is 3.59. The summed E-state index contributed by atoms with van der Waals surface area (Å²) in [4.78, 5) is 0. The first-order chi connectivity index (χ1) is 7.87. The highest BCUT2D eigenvalue weighted by atomic mass is 79.9. The molecule has 17 heavy (non-hydrogen) atoms. The summed E-state index contributed by atoms with van der Waals surface area (Å²) >= 11 is 5.02. The average Bonchev–Trinajstić information content (AvgIpc) is 2.26. The highest BCUT2D eigenvalue weighted by molar-refractivity contribution is 9.10. The lowest BCUT2D eigenvalue weighted by atomic mass is 9.70. The van der Waals surface area contributed by atoms with Crippen molar-refractivity contribution in [3.8, 4) is 0 Å². The molecular formula is C13H16BrFOS. The van der Waals surface area contributed by atoms with Crippen LogP contribution in [-0.4, -0.2) is 16.6 Å². The minimum Gasteiger partial charge on any atom is -0.384 e. The van der Waals surface area contributed by atoms with Gasteiger partial charge in [0.1, 0.15) is 11.4 Å². The fourth-order valence-electron chi connectivity index (χ4n) is 2.21. The third-order valence-electron chi connectivity index (χ3n) is 3.68. The zero-order chi connectivity index (χ0) is 12.7. The van der Waals surface area contributed by atoms with Crippen molar-refractivity contribution in [2.75, 3.05) is 11.5 Å². The number of halogens is 2. The van der Waals surface area contributed by atoms with Crippen LogP contribution in [0, 0.1) is 11.2 Å². The van der Waals surface area contributed by atoms with Gasteiger partial charge < -0.3 is 5.11 Å². The molecule has 0 amide bonds. The maximum atomic E-state index is 14.0. The predicted octanol–water partition coefficient (Wildman–Crippen LogP) is 3.94. The van der Waals surface area contributed by atoms with Crippen LogP contribution >= 0.6 is 27.7 Å². The van der Waals surface area contributed by atoms with E-state index in [1.165, 1.54) is 6.07 Å². The van der Waals surface area contributed by atoms with Gasteiger partial charge in [0.15, 0.2) is 0 Å². The van der Waals surface area contributed by atoms with Crippen LogP contribution in [0.2, 0.25) is 0 Å². The fourth-order valence-corrected chi connectivity index (χ4v) is 4.21. The number of hydrogen-bond donors (Lipinski definition) is 1. The van der Waals surface area contributed by atoms with Gasteiger partial charge in [-0.05, 0) is 35.8 Å². The van der Waals surface area contributed by atoms with E-state index < -0.39 is 5.60 Å². The second kappa shape index (κ2) is 4.56. The van der Waals surface area contributed by atoms with E-state index in [0.717, 1.165) is 16.6 Å². The van der Waals surface area contributed by atoms with E-state index in [-0.39, 0.29) is 11.2 Å². The molecule has 2 rings (SSSR count). The Morgan fingerprint density at radius 1 is 1.41 bits per heavy atom. The Morgan fingerprint density at radius 3 is 2.76 bits per heavy atom. The van der Waals surface area contributed by atoms with Crippen LogP contribution in [-0.2, 0) is 5.60 Å². The zero-order valence-corrected chi connectivity index (χ0v) is 12.4. The number of thioether (sulfide) groups is 1. The summed E-state index contributed by atoms with van der Waals surface area (Å²) in [6.07, 6.45) is 0.889. The monoisotopic (exact) mass is 318 g/mol. The summed E-state index contributed by atoms with van der Waals surface area (Å²) in [6, 6.07) is 4.76. The lowest BCUT2D eigenvalue weighted by Gasteiger charge is -2.46. The summed E-state index contributed by atoms with van der Waals surface area (Å²) in [5.41, 5.74) is -0.993. The minimum absolute atomic E-state index is 0.306. The molecular weight excluding hydrogens is 303 g/mol. The molecule has 1 aliphatic heterocycles. The van der Waals surface area contributed by atoms with Gasteiger partial charge in [0.05, 0.1) is 0 Å². The number of hydrogen-bond acceptors (Lipinski definition) is 2. The lowest BCUT2D eigenvalue weighted by molar-refractivity contribution is -0.0604. The van der Waals surface area contributed by atoms with E-state index in [9.17, 15) is 9.50 Å². The molecule has 4 heteroatoms. The van der Waals surface area contributed by atoms with E-state index >= 15 is 0 Å². The van der Waals surface area contributed by atoms with Gasteiger partial charge in [-0.1, -0.05) is 29.8 Å². The zero-order valence-electron chi connectivity index (χ0n) is 9.96. The fraction of sp³-hybridized carbons (Fsp3) is 0.538. The largest absolute Gasteiger partial charge is 0.384 e. The molecule has 1 fully saturated rings. The molecule has 1 aromatic carbocycles. The van der Waals surface area contributed by atoms with Crippen LogP contribution in [0.5, 0.6) is 0 Å². The highest BCUT2D eigenvalue weighted by Gasteiger charge is 2.48. The van der Waals surface area contributed by atoms with Gasteiger partial charge in [0.25, 0.3) is 0 Å². The summed E-state index contributed by atoms with van der Waals surface area (Å²) < 4.78 is 14.8. The molecule has 1 aliphatic rings. The quantitative estimate of drug-likeness (QED) is 0.846. The Morgan fingerprint density at radius 2 is 2.12 bits per heavy atom. The predicted molar refractivity (Wildman–Crippen MR) is 73.7 cm³/mol. The normalized spacial score (nSPS) is 28.1. The van der Waals surface area contributed by atoms with Crippen LogP contribution in [0.4, 0.5) is 4.39 Å². The topological polar surface area (TPSA) is 20.2 Å². The molecule has 0 aliphatic carbocycles. The van der Waals surface area contributed by atoms with Crippen molar-refractivity contribution in [1.29, 1.82) is 0 Å². The lowest BCUT2D eigenvalue weighted by Crippen LogP contribution is -2.47. The number of aliphatic hydroxyl groups is 1. The third-order valence-corrected chi connectivity index (χ3v) is 5.28. The SMILES string of the molecule is CC1(C)CCSCC1(O)c1cc(Br)ccc1F. The molecule has 0 saturated carbocycles. The van der Waals surface area contributed by atoms with Crippen molar-refractivity contribution < 1.29 is 9.50 Å². The number of rotatable bonds is 1. The van der Waals surface area contributed by atoms with Crippen LogP contribution in [0.25, 0.3) is 0 Å². The summed E-state index contributed by atoms with van der Waals surface area (Å²) in [5.74, 6) is 1.24. The molecule has 0 bridgehead atoms. The van der Waals surface area contributed by atoms with E-state index in [0.29, 0.717) is 11.3 Å². The van der Waals surface area contributed by atoms with Gasteiger partial charge in [-0.2, -0.15) is 11.8 Å². The van der Waals surface area contributed by atoms with E-state index in [1.807, 2.05) is 13.8 Å². The summed E-state index contributed by atoms with van der Waals surface area (Å²) in [5, 5.41) is 10.9. The second-order valence-corrected chi connectivity index (χ2v) is 7.19. The maximum Gasteiger partial charge on any atom is 0.129 e. The molecule has 0 spiro atoms. The van der Waals surface area contributed by atoms with Crippen molar-refractivity contribution in [2.24, 2.45) is 5.41 Å². The molecule has 1 heterocycles. The smallest absolute Gasteiger partial charge is 0.129 e. The molecule has 1 atom stereocenters. The molecule has 1 saturated heterocycles.